The van der Waals surface area contributed by atoms with Crippen LogP contribution in [0.15, 0.2) is 24.5 Å². The molecule has 3 aromatic rings. The van der Waals surface area contributed by atoms with Gasteiger partial charge in [-0.15, -0.1) is 0 Å². The van der Waals surface area contributed by atoms with E-state index in [1.807, 2.05) is 0 Å². The molecular formula is C16H13ClF3N5O2. The Bertz CT molecular complexity index is 1010. The summed E-state index contributed by atoms with van der Waals surface area (Å²) in [6.45, 7) is 1.68. The Balaban J connectivity index is 1.95. The summed E-state index contributed by atoms with van der Waals surface area (Å²) in [6, 6.07) is 3.21. The van der Waals surface area contributed by atoms with Crippen molar-refractivity contribution in [2.24, 2.45) is 0 Å². The van der Waals surface area contributed by atoms with Crippen LogP contribution >= 0.6 is 11.6 Å². The highest BCUT2D eigenvalue weighted by atomic mass is 35.5. The maximum absolute atomic E-state index is 13.2. The molecule has 0 amide bonds. The lowest BCUT2D eigenvalue weighted by Crippen LogP contribution is -2.34. The number of hydrogen-bond acceptors (Lipinski definition) is 6. The van der Waals surface area contributed by atoms with Gasteiger partial charge in [0.1, 0.15) is 36.6 Å². The smallest absolute Gasteiger partial charge is 0.408 e. The van der Waals surface area contributed by atoms with Gasteiger partial charge in [0.05, 0.1) is 5.56 Å². The van der Waals surface area contributed by atoms with Gasteiger partial charge in [-0.3, -0.25) is 0 Å². The van der Waals surface area contributed by atoms with Crippen molar-refractivity contribution < 1.29 is 22.6 Å². The number of rotatable bonds is 3. The molecule has 0 aliphatic carbocycles. The molecule has 0 spiro atoms. The van der Waals surface area contributed by atoms with Crippen molar-refractivity contribution in [3.8, 4) is 22.6 Å². The predicted octanol–water partition coefficient (Wildman–Crippen LogP) is 3.58. The third kappa shape index (κ3) is 3.09. The lowest BCUT2D eigenvalue weighted by molar-refractivity contribution is -0.138. The van der Waals surface area contributed by atoms with Gasteiger partial charge in [0.15, 0.2) is 11.5 Å². The lowest BCUT2D eigenvalue weighted by Gasteiger charge is -2.24. The first-order valence-electron chi connectivity index (χ1n) is 7.97. The zero-order chi connectivity index (χ0) is 19.2. The van der Waals surface area contributed by atoms with Crippen molar-refractivity contribution in [2.45, 2.75) is 19.1 Å². The highest BCUT2D eigenvalue weighted by molar-refractivity contribution is 6.33. The molecule has 142 valence electrons. The van der Waals surface area contributed by atoms with Crippen molar-refractivity contribution in [3.63, 3.8) is 0 Å². The van der Waals surface area contributed by atoms with Crippen molar-refractivity contribution in [2.75, 3.05) is 18.5 Å². The fraction of sp³-hybridized carbons (Fsp3) is 0.312. The average Bonchev–Trinajstić information content (AvgIpc) is 3.09. The van der Waals surface area contributed by atoms with Gasteiger partial charge >= 0.3 is 6.18 Å². The summed E-state index contributed by atoms with van der Waals surface area (Å²) in [5, 5.41) is 6.38. The molecule has 1 aliphatic rings. The minimum absolute atomic E-state index is 0.00917. The van der Waals surface area contributed by atoms with Gasteiger partial charge < -0.3 is 14.8 Å². The molecule has 0 bridgehead atoms. The Labute approximate surface area is 156 Å². The van der Waals surface area contributed by atoms with Crippen LogP contribution in [-0.2, 0) is 0 Å². The van der Waals surface area contributed by atoms with Gasteiger partial charge in [-0.1, -0.05) is 23.7 Å². The molecule has 0 saturated carbocycles. The van der Waals surface area contributed by atoms with E-state index in [0.717, 1.165) is 6.92 Å². The zero-order valence-corrected chi connectivity index (χ0v) is 14.7. The van der Waals surface area contributed by atoms with E-state index in [2.05, 4.69) is 20.4 Å². The van der Waals surface area contributed by atoms with E-state index in [1.165, 1.54) is 10.8 Å². The molecule has 11 heteroatoms. The lowest BCUT2D eigenvalue weighted by atomic mass is 10.1. The number of hydrogen-bond donors (Lipinski definition) is 1. The van der Waals surface area contributed by atoms with Crippen LogP contribution in [0.5, 0.6) is 11.5 Å². The van der Waals surface area contributed by atoms with Crippen LogP contribution in [-0.4, -0.2) is 45.0 Å². The molecule has 4 rings (SSSR count). The maximum atomic E-state index is 13.2. The minimum Gasteiger partial charge on any atom is -0.486 e. The standard InChI is InChI=1S/C16H13ClF3N5O2/c1-8(16(18,19)20)23-14-11(13(17)24-15-21-7-22-25(14)15)9-3-2-4-10-12(9)27-6-5-26-10/h2-4,7-8,23H,5-6H2,1H3/t8-/m0/s1. The molecule has 1 aliphatic heterocycles. The molecule has 1 aromatic carbocycles. The molecule has 2 aromatic heterocycles. The molecule has 0 radical (unpaired) electrons. The molecular weight excluding hydrogens is 387 g/mol. The summed E-state index contributed by atoms with van der Waals surface area (Å²) in [5.41, 5.74) is 0.659. The maximum Gasteiger partial charge on any atom is 0.408 e. The zero-order valence-electron chi connectivity index (χ0n) is 13.9. The van der Waals surface area contributed by atoms with Gasteiger partial charge in [0, 0.05) is 5.56 Å². The molecule has 7 nitrogen and oxygen atoms in total. The summed E-state index contributed by atoms with van der Waals surface area (Å²) < 4.78 is 51.9. The van der Waals surface area contributed by atoms with Gasteiger partial charge in [0.2, 0.25) is 0 Å². The Morgan fingerprint density at radius 1 is 1.26 bits per heavy atom. The quantitative estimate of drug-likeness (QED) is 0.679. The van der Waals surface area contributed by atoms with Crippen molar-refractivity contribution in [1.82, 2.24) is 19.6 Å². The number of nitrogens with one attached hydrogen (secondary N) is 1. The molecule has 0 saturated heterocycles. The Kier molecular flexibility index (Phi) is 4.22. The molecule has 27 heavy (non-hydrogen) atoms. The first-order valence-corrected chi connectivity index (χ1v) is 8.35. The van der Waals surface area contributed by atoms with Crippen LogP contribution in [0.3, 0.4) is 0 Å². The summed E-state index contributed by atoms with van der Waals surface area (Å²) in [6.07, 6.45) is -3.29. The number of fused-ring (bicyclic) bond motifs is 2. The Morgan fingerprint density at radius 2 is 2.04 bits per heavy atom. The molecule has 0 fully saturated rings. The Morgan fingerprint density at radius 3 is 2.81 bits per heavy atom. The van der Waals surface area contributed by atoms with Crippen LogP contribution in [0.4, 0.5) is 19.0 Å². The summed E-state index contributed by atoms with van der Waals surface area (Å²) >= 11 is 6.33. The Hall–Kier alpha value is -2.75. The largest absolute Gasteiger partial charge is 0.486 e. The number of nitrogens with zero attached hydrogens (tertiary/aromatic N) is 4. The highest BCUT2D eigenvalue weighted by Gasteiger charge is 2.37. The minimum atomic E-state index is -4.48. The van der Waals surface area contributed by atoms with Gasteiger partial charge in [-0.25, -0.2) is 0 Å². The fourth-order valence-corrected chi connectivity index (χ4v) is 3.01. The molecule has 1 atom stereocenters. The monoisotopic (exact) mass is 399 g/mol. The predicted molar refractivity (Wildman–Crippen MR) is 91.4 cm³/mol. The number of para-hydroxylation sites is 1. The van der Waals surface area contributed by atoms with Gasteiger partial charge in [0.25, 0.3) is 5.78 Å². The van der Waals surface area contributed by atoms with Gasteiger partial charge in [-0.05, 0) is 13.0 Å². The number of benzene rings is 1. The number of anilines is 1. The van der Waals surface area contributed by atoms with E-state index in [-0.39, 0.29) is 22.3 Å². The van der Waals surface area contributed by atoms with Crippen molar-refractivity contribution >= 4 is 23.2 Å². The molecule has 0 unspecified atom stereocenters. The average molecular weight is 400 g/mol. The van der Waals surface area contributed by atoms with E-state index in [1.54, 1.807) is 18.2 Å². The van der Waals surface area contributed by atoms with Crippen LogP contribution in [0.25, 0.3) is 16.9 Å². The van der Waals surface area contributed by atoms with Crippen LogP contribution < -0.4 is 14.8 Å². The number of aromatic nitrogens is 4. The van der Waals surface area contributed by atoms with Crippen molar-refractivity contribution in [3.05, 3.63) is 29.7 Å². The van der Waals surface area contributed by atoms with Crippen molar-refractivity contribution in [1.29, 1.82) is 0 Å². The van der Waals surface area contributed by atoms with E-state index in [9.17, 15) is 13.2 Å². The normalized spacial score (nSPS) is 15.0. The van der Waals surface area contributed by atoms with Crippen LogP contribution in [0.2, 0.25) is 5.15 Å². The van der Waals surface area contributed by atoms with E-state index in [4.69, 9.17) is 21.1 Å². The number of ether oxygens (including phenoxy) is 2. The second-order valence-electron chi connectivity index (χ2n) is 5.84. The first kappa shape index (κ1) is 17.7. The second kappa shape index (κ2) is 6.45. The van der Waals surface area contributed by atoms with Gasteiger partial charge in [-0.2, -0.15) is 32.8 Å². The number of alkyl halides is 3. The first-order chi connectivity index (χ1) is 12.9. The van der Waals surface area contributed by atoms with E-state index in [0.29, 0.717) is 30.3 Å². The summed E-state index contributed by atoms with van der Waals surface area (Å²) in [4.78, 5) is 8.04. The van der Waals surface area contributed by atoms with E-state index < -0.39 is 12.2 Å². The molecule has 1 N–H and O–H groups in total. The topological polar surface area (TPSA) is 73.6 Å². The summed E-state index contributed by atoms with van der Waals surface area (Å²) in [5.74, 6) is 0.940. The fourth-order valence-electron chi connectivity index (χ4n) is 2.75. The van der Waals surface area contributed by atoms with Crippen LogP contribution in [0.1, 0.15) is 6.92 Å². The van der Waals surface area contributed by atoms with Crippen LogP contribution in [0, 0.1) is 0 Å². The third-order valence-corrected chi connectivity index (χ3v) is 4.34. The SMILES string of the molecule is C[C@H](Nc1c(-c2cccc3c2OCCO3)c(Cl)nc2ncnn12)C(F)(F)F. The molecule has 3 heterocycles. The summed E-state index contributed by atoms with van der Waals surface area (Å²) in [7, 11) is 0. The number of halogens is 4. The van der Waals surface area contributed by atoms with E-state index >= 15 is 0 Å². The highest BCUT2D eigenvalue weighted by Crippen LogP contribution is 2.45. The second-order valence-corrected chi connectivity index (χ2v) is 6.19. The third-order valence-electron chi connectivity index (χ3n) is 4.06.